The number of anilines is 1. The second kappa shape index (κ2) is 4.18. The maximum Gasteiger partial charge on any atom is 0.246 e. The number of piperazine rings is 1. The molecule has 0 bridgehead atoms. The van der Waals surface area contributed by atoms with Gasteiger partial charge in [0.1, 0.15) is 10.6 Å². The van der Waals surface area contributed by atoms with Gasteiger partial charge in [-0.1, -0.05) is 0 Å². The number of aromatic nitrogens is 2. The van der Waals surface area contributed by atoms with E-state index >= 15 is 0 Å². The van der Waals surface area contributed by atoms with E-state index in [4.69, 9.17) is 11.6 Å². The van der Waals surface area contributed by atoms with Gasteiger partial charge in [0.15, 0.2) is 0 Å². The molecule has 2 aromatic rings. The van der Waals surface area contributed by atoms with Crippen molar-refractivity contribution < 1.29 is 9.59 Å². The molecule has 2 aromatic heterocycles. The lowest BCUT2D eigenvalue weighted by Crippen LogP contribution is -2.51. The number of rotatable bonds is 1. The summed E-state index contributed by atoms with van der Waals surface area (Å²) in [5, 5.41) is 5.02. The van der Waals surface area contributed by atoms with Crippen LogP contribution in [0.4, 0.5) is 5.82 Å². The van der Waals surface area contributed by atoms with Crippen LogP contribution in [0.15, 0.2) is 11.4 Å². The number of fused-ring (bicyclic) bond motifs is 1. The quantitative estimate of drug-likeness (QED) is 0.619. The van der Waals surface area contributed by atoms with Gasteiger partial charge in [-0.05, 0) is 23.0 Å². The SMILES string of the molecule is O=C1CN(c2nc(Cl)nc3sccc23)CC(=O)N1. The molecule has 1 N–H and O–H groups in total. The van der Waals surface area contributed by atoms with Crippen molar-refractivity contribution in [2.24, 2.45) is 0 Å². The first-order valence-electron chi connectivity index (χ1n) is 5.12. The number of carbonyl (C=O) groups excluding carboxylic acids is 2. The van der Waals surface area contributed by atoms with Gasteiger partial charge in [0, 0.05) is 0 Å². The zero-order valence-electron chi connectivity index (χ0n) is 9.01. The molecule has 0 aromatic carbocycles. The number of imide groups is 1. The van der Waals surface area contributed by atoms with Gasteiger partial charge < -0.3 is 4.90 Å². The van der Waals surface area contributed by atoms with Crippen LogP contribution in [0.25, 0.3) is 10.2 Å². The molecule has 0 radical (unpaired) electrons. The summed E-state index contributed by atoms with van der Waals surface area (Å²) in [6.45, 7) is 0.175. The molecule has 0 spiro atoms. The first-order valence-corrected chi connectivity index (χ1v) is 6.37. The topological polar surface area (TPSA) is 75.2 Å². The molecule has 18 heavy (non-hydrogen) atoms. The summed E-state index contributed by atoms with van der Waals surface area (Å²) in [4.78, 5) is 33.3. The van der Waals surface area contributed by atoms with Gasteiger partial charge in [-0.15, -0.1) is 11.3 Å². The summed E-state index contributed by atoms with van der Waals surface area (Å²) >= 11 is 7.28. The molecule has 3 heterocycles. The molecule has 92 valence electrons. The van der Waals surface area contributed by atoms with Crippen LogP contribution in [-0.4, -0.2) is 34.9 Å². The highest BCUT2D eigenvalue weighted by molar-refractivity contribution is 7.16. The summed E-state index contributed by atoms with van der Waals surface area (Å²) in [5.74, 6) is -0.164. The number of thiophene rings is 1. The number of amides is 2. The number of carbonyl (C=O) groups is 2. The van der Waals surface area contributed by atoms with Crippen molar-refractivity contribution in [3.63, 3.8) is 0 Å². The molecule has 1 fully saturated rings. The summed E-state index contributed by atoms with van der Waals surface area (Å²) in [6.07, 6.45) is 0. The summed E-state index contributed by atoms with van der Waals surface area (Å²) in [7, 11) is 0. The number of hydrogen-bond donors (Lipinski definition) is 1. The van der Waals surface area contributed by atoms with E-state index < -0.39 is 0 Å². The van der Waals surface area contributed by atoms with Crippen LogP contribution in [0.5, 0.6) is 0 Å². The normalized spacial score (nSPS) is 16.2. The van der Waals surface area contributed by atoms with E-state index in [0.717, 1.165) is 10.2 Å². The molecule has 8 heteroatoms. The first-order chi connectivity index (χ1) is 8.63. The third-order valence-corrected chi connectivity index (χ3v) is 3.50. The van der Waals surface area contributed by atoms with Crippen molar-refractivity contribution >= 4 is 50.8 Å². The molecule has 2 amide bonds. The van der Waals surface area contributed by atoms with E-state index in [-0.39, 0.29) is 30.2 Å². The fourth-order valence-corrected chi connectivity index (χ4v) is 2.82. The van der Waals surface area contributed by atoms with Crippen molar-refractivity contribution in [1.82, 2.24) is 15.3 Å². The Balaban J connectivity index is 2.10. The maximum absolute atomic E-state index is 11.4. The van der Waals surface area contributed by atoms with Crippen LogP contribution in [0.2, 0.25) is 5.28 Å². The van der Waals surface area contributed by atoms with Crippen molar-refractivity contribution in [3.8, 4) is 0 Å². The largest absolute Gasteiger partial charge is 0.337 e. The van der Waals surface area contributed by atoms with Crippen molar-refractivity contribution in [2.45, 2.75) is 0 Å². The lowest BCUT2D eigenvalue weighted by atomic mass is 10.3. The first kappa shape index (κ1) is 11.4. The lowest BCUT2D eigenvalue weighted by Gasteiger charge is -2.26. The smallest absolute Gasteiger partial charge is 0.246 e. The summed E-state index contributed by atoms with van der Waals surface area (Å²) in [6, 6.07) is 1.85. The Kier molecular flexibility index (Phi) is 2.64. The average molecular weight is 283 g/mol. The Morgan fingerprint density at radius 2 is 2.00 bits per heavy atom. The lowest BCUT2D eigenvalue weighted by molar-refractivity contribution is -0.130. The van der Waals surface area contributed by atoms with E-state index in [9.17, 15) is 9.59 Å². The minimum absolute atomic E-state index is 0.0873. The second-order valence-electron chi connectivity index (χ2n) is 3.78. The molecular formula is C10H7ClN4O2S. The molecule has 0 atom stereocenters. The fraction of sp³-hybridized carbons (Fsp3) is 0.200. The minimum atomic E-state index is -0.343. The third kappa shape index (κ3) is 1.91. The standard InChI is InChI=1S/C10H7ClN4O2S/c11-10-13-8(5-1-2-18-9(5)14-10)15-3-6(16)12-7(17)4-15/h1-2H,3-4H2,(H,12,16,17). The molecule has 6 nitrogen and oxygen atoms in total. The van der Waals surface area contributed by atoms with E-state index in [2.05, 4.69) is 15.3 Å². The van der Waals surface area contributed by atoms with Gasteiger partial charge in [-0.3, -0.25) is 14.9 Å². The predicted molar refractivity (Wildman–Crippen MR) is 67.8 cm³/mol. The molecule has 1 aliphatic heterocycles. The number of nitrogens with one attached hydrogen (secondary N) is 1. The van der Waals surface area contributed by atoms with Crippen LogP contribution in [-0.2, 0) is 9.59 Å². The Morgan fingerprint density at radius 1 is 1.28 bits per heavy atom. The zero-order valence-corrected chi connectivity index (χ0v) is 10.6. The van der Waals surface area contributed by atoms with Crippen LogP contribution < -0.4 is 10.2 Å². The van der Waals surface area contributed by atoms with E-state index in [1.807, 2.05) is 11.4 Å². The molecular weight excluding hydrogens is 276 g/mol. The Labute approximate surface area is 111 Å². The van der Waals surface area contributed by atoms with Crippen LogP contribution >= 0.6 is 22.9 Å². The van der Waals surface area contributed by atoms with E-state index in [1.165, 1.54) is 11.3 Å². The van der Waals surface area contributed by atoms with Crippen LogP contribution in [0.3, 0.4) is 0 Å². The summed E-state index contributed by atoms with van der Waals surface area (Å²) in [5.41, 5.74) is 0. The van der Waals surface area contributed by atoms with Crippen molar-refractivity contribution in [3.05, 3.63) is 16.7 Å². The second-order valence-corrected chi connectivity index (χ2v) is 5.02. The molecule has 1 aliphatic rings. The molecule has 0 saturated carbocycles. The Bertz CT molecular complexity index is 640. The fourth-order valence-electron chi connectivity index (χ4n) is 1.84. The Hall–Kier alpha value is -1.73. The van der Waals surface area contributed by atoms with Gasteiger partial charge >= 0.3 is 0 Å². The van der Waals surface area contributed by atoms with Crippen molar-refractivity contribution in [2.75, 3.05) is 18.0 Å². The minimum Gasteiger partial charge on any atom is -0.337 e. The van der Waals surface area contributed by atoms with Gasteiger partial charge in [-0.25, -0.2) is 4.98 Å². The van der Waals surface area contributed by atoms with Crippen molar-refractivity contribution in [1.29, 1.82) is 0 Å². The van der Waals surface area contributed by atoms with E-state index in [1.54, 1.807) is 4.90 Å². The van der Waals surface area contributed by atoms with Gasteiger partial charge in [-0.2, -0.15) is 4.98 Å². The van der Waals surface area contributed by atoms with E-state index in [0.29, 0.717) is 5.82 Å². The highest BCUT2D eigenvalue weighted by atomic mass is 35.5. The predicted octanol–water partition coefficient (Wildman–Crippen LogP) is 0.807. The van der Waals surface area contributed by atoms with Crippen LogP contribution in [0.1, 0.15) is 0 Å². The number of halogens is 1. The highest BCUT2D eigenvalue weighted by Gasteiger charge is 2.25. The number of hydrogen-bond acceptors (Lipinski definition) is 6. The monoisotopic (exact) mass is 282 g/mol. The molecule has 0 unspecified atom stereocenters. The highest BCUT2D eigenvalue weighted by Crippen LogP contribution is 2.29. The van der Waals surface area contributed by atoms with Crippen LogP contribution in [0, 0.1) is 0 Å². The molecule has 3 rings (SSSR count). The maximum atomic E-state index is 11.4. The Morgan fingerprint density at radius 3 is 2.72 bits per heavy atom. The molecule has 1 saturated heterocycles. The number of nitrogens with zero attached hydrogens (tertiary/aromatic N) is 3. The molecule has 0 aliphatic carbocycles. The van der Waals surface area contributed by atoms with Gasteiger partial charge in [0.05, 0.1) is 18.5 Å². The van der Waals surface area contributed by atoms with Gasteiger partial charge in [0.25, 0.3) is 0 Å². The van der Waals surface area contributed by atoms with Gasteiger partial charge in [0.2, 0.25) is 17.1 Å². The third-order valence-electron chi connectivity index (χ3n) is 2.52. The average Bonchev–Trinajstić information content (AvgIpc) is 2.74. The summed E-state index contributed by atoms with van der Waals surface area (Å²) < 4.78 is 0. The zero-order chi connectivity index (χ0) is 12.7.